The monoisotopic (exact) mass is 279 g/mol. The molecule has 7 heteroatoms. The zero-order valence-electron chi connectivity index (χ0n) is 7.96. The number of carbonyl (C=O) groups is 1. The van der Waals surface area contributed by atoms with Crippen LogP contribution in [0.3, 0.4) is 0 Å². The third-order valence-corrected chi connectivity index (χ3v) is 4.25. The Morgan fingerprint density at radius 1 is 1.25 bits per heavy atom. The number of hydrogen-bond donors (Lipinski definition) is 1. The third-order valence-electron chi connectivity index (χ3n) is 2.35. The van der Waals surface area contributed by atoms with E-state index in [-0.39, 0.29) is 15.8 Å². The maximum absolute atomic E-state index is 11.2. The lowest BCUT2D eigenvalue weighted by Crippen LogP contribution is -2.19. The molecule has 1 heterocycles. The fourth-order valence-electron chi connectivity index (χ4n) is 1.60. The highest BCUT2D eigenvalue weighted by Gasteiger charge is 2.23. The molecule has 1 aliphatic heterocycles. The minimum atomic E-state index is -3.85. The van der Waals surface area contributed by atoms with Gasteiger partial charge in [0.25, 0.3) is 9.05 Å². The van der Waals surface area contributed by atoms with Gasteiger partial charge in [-0.25, -0.2) is 8.42 Å². The minimum absolute atomic E-state index is 0.0903. The van der Waals surface area contributed by atoms with E-state index in [1.165, 1.54) is 12.1 Å². The van der Waals surface area contributed by atoms with Gasteiger partial charge in [-0.05, 0) is 24.1 Å². The van der Waals surface area contributed by atoms with Crippen LogP contribution in [0.5, 0.6) is 0 Å². The van der Waals surface area contributed by atoms with Crippen molar-refractivity contribution in [3.63, 3.8) is 0 Å². The van der Waals surface area contributed by atoms with Crippen LogP contribution in [0.1, 0.15) is 12.0 Å². The highest BCUT2D eigenvalue weighted by molar-refractivity contribution is 8.13. The summed E-state index contributed by atoms with van der Waals surface area (Å²) in [5, 5.41) is 2.71. The topological polar surface area (TPSA) is 63.2 Å². The van der Waals surface area contributed by atoms with Crippen LogP contribution in [0.15, 0.2) is 17.0 Å². The smallest absolute Gasteiger partial charge is 0.262 e. The Hall–Kier alpha value is -0.780. The number of halogens is 2. The van der Waals surface area contributed by atoms with Gasteiger partial charge < -0.3 is 5.32 Å². The number of fused-ring (bicyclic) bond motifs is 1. The molecule has 0 aliphatic carbocycles. The van der Waals surface area contributed by atoms with E-state index < -0.39 is 9.05 Å². The molecule has 1 aromatic rings. The molecule has 86 valence electrons. The molecule has 0 unspecified atom stereocenters. The van der Waals surface area contributed by atoms with Crippen molar-refractivity contribution in [3.05, 3.63) is 22.7 Å². The van der Waals surface area contributed by atoms with Crippen molar-refractivity contribution in [2.45, 2.75) is 17.7 Å². The number of carbonyl (C=O) groups excluding carboxylic acids is 1. The van der Waals surface area contributed by atoms with E-state index in [1.54, 1.807) is 0 Å². The molecular formula is C9H7Cl2NO3S. The molecular weight excluding hydrogens is 273 g/mol. The lowest BCUT2D eigenvalue weighted by atomic mass is 10.0. The first-order chi connectivity index (χ1) is 7.39. The summed E-state index contributed by atoms with van der Waals surface area (Å²) in [7, 11) is 1.38. The van der Waals surface area contributed by atoms with Gasteiger partial charge in [0.15, 0.2) is 0 Å². The average molecular weight is 280 g/mol. The van der Waals surface area contributed by atoms with Crippen molar-refractivity contribution >= 4 is 42.9 Å². The van der Waals surface area contributed by atoms with Gasteiger partial charge >= 0.3 is 0 Å². The second kappa shape index (κ2) is 3.91. The second-order valence-corrected chi connectivity index (χ2v) is 6.30. The molecule has 4 nitrogen and oxygen atoms in total. The highest BCUT2D eigenvalue weighted by atomic mass is 35.7. The molecule has 0 radical (unpaired) electrons. The number of anilines is 1. The van der Waals surface area contributed by atoms with Crippen molar-refractivity contribution in [3.8, 4) is 0 Å². The van der Waals surface area contributed by atoms with Crippen LogP contribution >= 0.6 is 22.3 Å². The summed E-state index contributed by atoms with van der Waals surface area (Å²) in [5.74, 6) is -0.106. The van der Waals surface area contributed by atoms with Crippen LogP contribution in [0.2, 0.25) is 5.02 Å². The van der Waals surface area contributed by atoms with E-state index in [2.05, 4.69) is 5.32 Å². The zero-order chi connectivity index (χ0) is 11.9. The van der Waals surface area contributed by atoms with Crippen LogP contribution < -0.4 is 5.32 Å². The Balaban J connectivity index is 2.61. The number of amides is 1. The molecule has 0 saturated heterocycles. The molecule has 0 bridgehead atoms. The molecule has 1 aliphatic rings. The van der Waals surface area contributed by atoms with Crippen molar-refractivity contribution in [2.75, 3.05) is 5.32 Å². The van der Waals surface area contributed by atoms with E-state index >= 15 is 0 Å². The van der Waals surface area contributed by atoms with Crippen LogP contribution in [-0.2, 0) is 20.3 Å². The molecule has 0 spiro atoms. The van der Waals surface area contributed by atoms with Crippen LogP contribution in [0.4, 0.5) is 5.69 Å². The van der Waals surface area contributed by atoms with Gasteiger partial charge in [-0.3, -0.25) is 4.79 Å². The Labute approximate surface area is 102 Å². The molecule has 1 aromatic carbocycles. The van der Waals surface area contributed by atoms with Crippen molar-refractivity contribution in [1.82, 2.24) is 0 Å². The van der Waals surface area contributed by atoms with Crippen LogP contribution in [-0.4, -0.2) is 14.3 Å². The Morgan fingerprint density at radius 3 is 2.56 bits per heavy atom. The normalized spacial score (nSPS) is 15.5. The number of nitrogens with one attached hydrogen (secondary N) is 1. The molecule has 0 fully saturated rings. The summed E-state index contributed by atoms with van der Waals surface area (Å²) in [6.07, 6.45) is 0.707. The van der Waals surface area contributed by atoms with Gasteiger partial charge in [-0.2, -0.15) is 0 Å². The van der Waals surface area contributed by atoms with Gasteiger partial charge in [0.1, 0.15) is 4.90 Å². The van der Waals surface area contributed by atoms with Crippen LogP contribution in [0.25, 0.3) is 0 Å². The van der Waals surface area contributed by atoms with Crippen LogP contribution in [0, 0.1) is 0 Å². The van der Waals surface area contributed by atoms with E-state index in [9.17, 15) is 13.2 Å². The van der Waals surface area contributed by atoms with E-state index in [0.29, 0.717) is 24.1 Å². The predicted octanol–water partition coefficient (Wildman–Crippen LogP) is 2.15. The Bertz CT molecular complexity index is 568. The molecule has 0 aromatic heterocycles. The van der Waals surface area contributed by atoms with Gasteiger partial charge in [0.05, 0.1) is 5.02 Å². The lowest BCUT2D eigenvalue weighted by Gasteiger charge is -2.18. The highest BCUT2D eigenvalue weighted by Crippen LogP contribution is 2.35. The summed E-state index contributed by atoms with van der Waals surface area (Å²) in [5.41, 5.74) is 1.16. The van der Waals surface area contributed by atoms with Crippen molar-refractivity contribution in [1.29, 1.82) is 0 Å². The standard InChI is InChI=1S/C9H7Cl2NO3S/c10-9-5-1-4-8(13)12-6(5)2-3-7(9)16(11,14)15/h2-3H,1,4H2,(H,12,13). The number of hydrogen-bond acceptors (Lipinski definition) is 3. The molecule has 0 saturated carbocycles. The molecule has 2 rings (SSSR count). The summed E-state index contributed by atoms with van der Waals surface area (Å²) >= 11 is 5.94. The molecule has 16 heavy (non-hydrogen) atoms. The minimum Gasteiger partial charge on any atom is -0.326 e. The van der Waals surface area contributed by atoms with Crippen molar-refractivity contribution in [2.24, 2.45) is 0 Å². The quantitative estimate of drug-likeness (QED) is 0.802. The first-order valence-corrected chi connectivity index (χ1v) is 7.14. The first-order valence-electron chi connectivity index (χ1n) is 4.45. The van der Waals surface area contributed by atoms with Gasteiger partial charge in [0.2, 0.25) is 5.91 Å². The fraction of sp³-hybridized carbons (Fsp3) is 0.222. The predicted molar refractivity (Wildman–Crippen MR) is 61.4 cm³/mol. The Kier molecular flexibility index (Phi) is 2.86. The summed E-state index contributed by atoms with van der Waals surface area (Å²) < 4.78 is 22.4. The summed E-state index contributed by atoms with van der Waals surface area (Å²) in [4.78, 5) is 11.0. The largest absolute Gasteiger partial charge is 0.326 e. The zero-order valence-corrected chi connectivity index (χ0v) is 10.3. The van der Waals surface area contributed by atoms with E-state index in [0.717, 1.165) is 0 Å². The lowest BCUT2D eigenvalue weighted by molar-refractivity contribution is -0.116. The Morgan fingerprint density at radius 2 is 1.94 bits per heavy atom. The second-order valence-electron chi connectivity index (χ2n) is 3.39. The molecule has 1 amide bonds. The van der Waals surface area contributed by atoms with Crippen molar-refractivity contribution < 1.29 is 13.2 Å². The van der Waals surface area contributed by atoms with Gasteiger partial charge in [0, 0.05) is 22.8 Å². The molecule has 0 atom stereocenters. The molecule has 1 N–H and O–H groups in total. The maximum Gasteiger partial charge on any atom is 0.262 e. The summed E-state index contributed by atoms with van der Waals surface area (Å²) in [6.45, 7) is 0. The van der Waals surface area contributed by atoms with Gasteiger partial charge in [-0.15, -0.1) is 0 Å². The van der Waals surface area contributed by atoms with E-state index in [4.69, 9.17) is 22.3 Å². The summed E-state index contributed by atoms with van der Waals surface area (Å²) in [6, 6.07) is 2.78. The first kappa shape index (κ1) is 11.7. The van der Waals surface area contributed by atoms with E-state index in [1.807, 2.05) is 0 Å². The fourth-order valence-corrected chi connectivity index (χ4v) is 3.24. The average Bonchev–Trinajstić information content (AvgIpc) is 2.15. The number of benzene rings is 1. The SMILES string of the molecule is O=C1CCc2c(ccc(S(=O)(=O)Cl)c2Cl)N1. The van der Waals surface area contributed by atoms with Gasteiger partial charge in [-0.1, -0.05) is 11.6 Å². The maximum atomic E-state index is 11.2. The third kappa shape index (κ3) is 2.03. The number of rotatable bonds is 1.